The molecule has 25 heavy (non-hydrogen) atoms. The first-order valence-corrected chi connectivity index (χ1v) is 8.59. The molecular formula is C19H20FN3O2. The predicted octanol–water partition coefficient (Wildman–Crippen LogP) is 3.19. The number of amides is 1. The second-order valence-corrected chi connectivity index (χ2v) is 6.61. The number of carbonyl (C=O) groups is 1. The van der Waals surface area contributed by atoms with Crippen molar-refractivity contribution in [2.24, 2.45) is 0 Å². The molecule has 6 heteroatoms. The Morgan fingerprint density at radius 3 is 2.80 bits per heavy atom. The number of hydrogen-bond acceptors (Lipinski definition) is 4. The van der Waals surface area contributed by atoms with E-state index in [1.165, 1.54) is 12.5 Å². The number of hydrogen-bond donors (Lipinski definition) is 0. The normalized spacial score (nSPS) is 18.6. The topological polar surface area (TPSA) is 49.6 Å². The first-order chi connectivity index (χ1) is 12.1. The zero-order valence-electron chi connectivity index (χ0n) is 13.9. The molecule has 1 aromatic heterocycles. The first kappa shape index (κ1) is 15.9. The van der Waals surface area contributed by atoms with Crippen molar-refractivity contribution in [1.29, 1.82) is 0 Å². The minimum Gasteiger partial charge on any atom is -0.359 e. The third kappa shape index (κ3) is 2.92. The summed E-state index contributed by atoms with van der Waals surface area (Å²) >= 11 is 0. The third-order valence-electron chi connectivity index (χ3n) is 5.07. The number of aromatic nitrogens is 1. The zero-order valence-corrected chi connectivity index (χ0v) is 13.9. The van der Waals surface area contributed by atoms with Gasteiger partial charge in [-0.15, -0.1) is 0 Å². The smallest absolute Gasteiger partial charge is 0.269 e. The molecule has 0 radical (unpaired) electrons. The van der Waals surface area contributed by atoms with Gasteiger partial charge in [0.15, 0.2) is 5.76 Å². The van der Waals surface area contributed by atoms with Gasteiger partial charge in [-0.05, 0) is 31.4 Å². The van der Waals surface area contributed by atoms with Gasteiger partial charge in [0.25, 0.3) is 5.91 Å². The molecule has 0 atom stereocenters. The number of nitrogens with zero attached hydrogens (tertiary/aromatic N) is 3. The van der Waals surface area contributed by atoms with Gasteiger partial charge in [-0.1, -0.05) is 23.9 Å². The minimum absolute atomic E-state index is 0.00444. The van der Waals surface area contributed by atoms with Gasteiger partial charge in [0.05, 0.1) is 12.2 Å². The summed E-state index contributed by atoms with van der Waals surface area (Å²) in [4.78, 5) is 16.4. The van der Waals surface area contributed by atoms with Gasteiger partial charge in [-0.2, -0.15) is 0 Å². The van der Waals surface area contributed by atoms with Gasteiger partial charge < -0.3 is 14.3 Å². The Labute approximate surface area is 145 Å². The van der Waals surface area contributed by atoms with E-state index in [4.69, 9.17) is 4.52 Å². The number of benzene rings is 1. The van der Waals surface area contributed by atoms with Gasteiger partial charge in [-0.3, -0.25) is 4.79 Å². The van der Waals surface area contributed by atoms with Crippen molar-refractivity contribution < 1.29 is 13.7 Å². The molecule has 4 rings (SSSR count). The second kappa shape index (κ2) is 6.35. The second-order valence-electron chi connectivity index (χ2n) is 6.61. The molecule has 130 valence electrons. The van der Waals surface area contributed by atoms with E-state index in [-0.39, 0.29) is 11.7 Å². The van der Waals surface area contributed by atoms with Crippen LogP contribution in [0.15, 0.2) is 47.1 Å². The van der Waals surface area contributed by atoms with Crippen molar-refractivity contribution in [2.45, 2.75) is 31.8 Å². The summed E-state index contributed by atoms with van der Waals surface area (Å²) in [6.45, 7) is 5.79. The largest absolute Gasteiger partial charge is 0.359 e. The fourth-order valence-corrected chi connectivity index (χ4v) is 3.36. The molecule has 0 N–H and O–H groups in total. The molecule has 0 spiro atoms. The number of halogens is 1. The quantitative estimate of drug-likeness (QED) is 0.802. The van der Waals surface area contributed by atoms with Crippen LogP contribution in [0.5, 0.6) is 0 Å². The van der Waals surface area contributed by atoms with E-state index in [2.05, 4.69) is 11.7 Å². The van der Waals surface area contributed by atoms with Gasteiger partial charge in [0, 0.05) is 30.8 Å². The first-order valence-electron chi connectivity index (χ1n) is 8.59. The minimum atomic E-state index is -0.337. The SMILES string of the molecule is C=C1C(=O)N(C2CCC2)CCN1Cc1cc(-c2ccccc2F)no1. The Kier molecular flexibility index (Phi) is 4.03. The zero-order chi connectivity index (χ0) is 17.4. The van der Waals surface area contributed by atoms with E-state index in [0.717, 1.165) is 19.4 Å². The standard InChI is InChI=1S/C19H20FN3O2/c1-13-19(24)23(14-5-4-6-14)10-9-22(13)12-15-11-18(21-25-15)16-7-2-3-8-17(16)20/h2-3,7-8,11,14H,1,4-6,9-10,12H2. The fourth-order valence-electron chi connectivity index (χ4n) is 3.36. The van der Waals surface area contributed by atoms with Crippen molar-refractivity contribution >= 4 is 5.91 Å². The van der Waals surface area contributed by atoms with Crippen LogP contribution in [0, 0.1) is 5.82 Å². The van der Waals surface area contributed by atoms with Crippen LogP contribution >= 0.6 is 0 Å². The summed E-state index contributed by atoms with van der Waals surface area (Å²) in [6, 6.07) is 8.54. The fraction of sp³-hybridized carbons (Fsp3) is 0.368. The molecule has 2 aromatic rings. The average molecular weight is 341 g/mol. The van der Waals surface area contributed by atoms with Crippen LogP contribution in [0.3, 0.4) is 0 Å². The van der Waals surface area contributed by atoms with E-state index >= 15 is 0 Å². The maximum absolute atomic E-state index is 13.9. The Bertz CT molecular complexity index is 813. The van der Waals surface area contributed by atoms with Gasteiger partial charge in [0.1, 0.15) is 11.5 Å². The van der Waals surface area contributed by atoms with Crippen LogP contribution in [-0.4, -0.2) is 40.0 Å². The van der Waals surface area contributed by atoms with Crippen LogP contribution in [-0.2, 0) is 11.3 Å². The molecule has 1 saturated heterocycles. The lowest BCUT2D eigenvalue weighted by Crippen LogP contribution is -2.53. The predicted molar refractivity (Wildman–Crippen MR) is 90.8 cm³/mol. The van der Waals surface area contributed by atoms with Gasteiger partial charge >= 0.3 is 0 Å². The van der Waals surface area contributed by atoms with Crippen molar-refractivity contribution in [3.63, 3.8) is 0 Å². The highest BCUT2D eigenvalue weighted by Crippen LogP contribution is 2.29. The van der Waals surface area contributed by atoms with E-state index in [1.54, 1.807) is 24.3 Å². The third-order valence-corrected chi connectivity index (χ3v) is 5.07. The highest BCUT2D eigenvalue weighted by atomic mass is 19.1. The molecule has 1 amide bonds. The highest BCUT2D eigenvalue weighted by Gasteiger charge is 2.35. The van der Waals surface area contributed by atoms with Crippen LogP contribution < -0.4 is 0 Å². The Hall–Kier alpha value is -2.63. The Morgan fingerprint density at radius 2 is 2.08 bits per heavy atom. The maximum atomic E-state index is 13.9. The lowest BCUT2D eigenvalue weighted by molar-refractivity contribution is -0.136. The van der Waals surface area contributed by atoms with Crippen LogP contribution in [0.4, 0.5) is 4.39 Å². The van der Waals surface area contributed by atoms with E-state index < -0.39 is 0 Å². The Balaban J connectivity index is 1.45. The van der Waals surface area contributed by atoms with Crippen LogP contribution in [0.1, 0.15) is 25.0 Å². The van der Waals surface area contributed by atoms with E-state index in [0.29, 0.717) is 41.8 Å². The summed E-state index contributed by atoms with van der Waals surface area (Å²) in [6.07, 6.45) is 3.38. The monoisotopic (exact) mass is 341 g/mol. The molecule has 1 aliphatic carbocycles. The molecule has 2 aliphatic rings. The van der Waals surface area contributed by atoms with Crippen molar-refractivity contribution in [1.82, 2.24) is 15.0 Å². The van der Waals surface area contributed by atoms with Crippen LogP contribution in [0.2, 0.25) is 0 Å². The number of carbonyl (C=O) groups excluding carboxylic acids is 1. The molecule has 2 heterocycles. The number of piperazine rings is 1. The molecule has 2 fully saturated rings. The average Bonchev–Trinajstić information content (AvgIpc) is 3.01. The molecule has 1 aromatic carbocycles. The molecule has 0 unspecified atom stereocenters. The summed E-state index contributed by atoms with van der Waals surface area (Å²) in [5.74, 6) is 0.255. The summed E-state index contributed by atoms with van der Waals surface area (Å²) in [5.41, 5.74) is 1.35. The number of rotatable bonds is 4. The lowest BCUT2D eigenvalue weighted by atomic mass is 9.90. The molecule has 0 bridgehead atoms. The lowest BCUT2D eigenvalue weighted by Gasteiger charge is -2.43. The van der Waals surface area contributed by atoms with Crippen molar-refractivity contribution in [3.8, 4) is 11.3 Å². The Morgan fingerprint density at radius 1 is 1.28 bits per heavy atom. The van der Waals surface area contributed by atoms with E-state index in [9.17, 15) is 9.18 Å². The highest BCUT2D eigenvalue weighted by molar-refractivity contribution is 5.93. The van der Waals surface area contributed by atoms with Gasteiger partial charge in [-0.25, -0.2) is 4.39 Å². The molecule has 1 aliphatic heterocycles. The summed E-state index contributed by atoms with van der Waals surface area (Å²) in [5, 5.41) is 3.96. The van der Waals surface area contributed by atoms with Crippen LogP contribution in [0.25, 0.3) is 11.3 Å². The summed E-state index contributed by atoms with van der Waals surface area (Å²) < 4.78 is 19.2. The van der Waals surface area contributed by atoms with Gasteiger partial charge in [0.2, 0.25) is 0 Å². The maximum Gasteiger partial charge on any atom is 0.269 e. The van der Waals surface area contributed by atoms with E-state index in [1.807, 2.05) is 9.80 Å². The molecule has 1 saturated carbocycles. The molecular weight excluding hydrogens is 321 g/mol. The van der Waals surface area contributed by atoms with Crippen molar-refractivity contribution in [3.05, 3.63) is 54.2 Å². The molecule has 5 nitrogen and oxygen atoms in total. The van der Waals surface area contributed by atoms with Crippen molar-refractivity contribution in [2.75, 3.05) is 13.1 Å². The summed E-state index contributed by atoms with van der Waals surface area (Å²) in [7, 11) is 0.